The second-order valence-electron chi connectivity index (χ2n) is 8.52. The van der Waals surface area contributed by atoms with Gasteiger partial charge in [0.05, 0.1) is 0 Å². The molecule has 0 aliphatic carbocycles. The van der Waals surface area contributed by atoms with Crippen LogP contribution in [0.3, 0.4) is 0 Å². The smallest absolute Gasteiger partial charge is 0.195 e. The van der Waals surface area contributed by atoms with Crippen LogP contribution in [0.4, 0.5) is 13.2 Å². The van der Waals surface area contributed by atoms with E-state index in [0.717, 1.165) is 59.9 Å². The lowest BCUT2D eigenvalue weighted by molar-refractivity contribution is 0.453. The van der Waals surface area contributed by atoms with E-state index in [1.807, 2.05) is 30.3 Å². The van der Waals surface area contributed by atoms with Crippen molar-refractivity contribution in [2.45, 2.75) is 0 Å². The highest BCUT2D eigenvalue weighted by molar-refractivity contribution is 6.35. The molecule has 0 aliphatic heterocycles. The van der Waals surface area contributed by atoms with Crippen molar-refractivity contribution in [3.63, 3.8) is 0 Å². The Kier molecular flexibility index (Phi) is 3.61. The summed E-state index contributed by atoms with van der Waals surface area (Å²) >= 11 is 0. The van der Waals surface area contributed by atoms with Crippen molar-refractivity contribution in [3.8, 4) is 0 Å². The molecule has 0 aromatic heterocycles. The zero-order valence-electron chi connectivity index (χ0n) is 17.3. The molecular weight excluding hydrogens is 417 g/mol. The molecule has 3 heteroatoms. The predicted octanol–water partition coefficient (Wildman–Crippen LogP) is 9.02. The highest BCUT2D eigenvalue weighted by Gasteiger charge is 2.18. The van der Waals surface area contributed by atoms with E-state index in [1.54, 1.807) is 6.07 Å². The highest BCUT2D eigenvalue weighted by atomic mass is 19.2. The number of rotatable bonds is 0. The van der Waals surface area contributed by atoms with E-state index in [-0.39, 0.29) is 5.39 Å². The fourth-order valence-electron chi connectivity index (χ4n) is 5.33. The summed E-state index contributed by atoms with van der Waals surface area (Å²) in [6.07, 6.45) is 0. The summed E-state index contributed by atoms with van der Waals surface area (Å²) in [5.41, 5.74) is 0. The van der Waals surface area contributed by atoms with Gasteiger partial charge in [-0.15, -0.1) is 0 Å². The van der Waals surface area contributed by atoms with Crippen molar-refractivity contribution in [1.29, 1.82) is 0 Å². The minimum atomic E-state index is -1.44. The summed E-state index contributed by atoms with van der Waals surface area (Å²) in [5.74, 6) is -3.78. The summed E-state index contributed by atoms with van der Waals surface area (Å²) in [6.45, 7) is 0. The van der Waals surface area contributed by atoms with Crippen molar-refractivity contribution in [2.24, 2.45) is 0 Å². The molecule has 7 aromatic rings. The lowest BCUT2D eigenvalue weighted by Crippen LogP contribution is -1.93. The third kappa shape index (κ3) is 2.42. The predicted molar refractivity (Wildman–Crippen MR) is 131 cm³/mol. The van der Waals surface area contributed by atoms with Gasteiger partial charge in [-0.05, 0) is 65.3 Å². The standard InChI is InChI=1S/C30H15F3/c31-24-15-23-22(29(32)30(24)33)14-13-18-8-10-20-12-11-19-9-7-17-6-5-16-3-1-2-4-21(16)25(17)27(19)28(20)26(18)23/h1-15H. The van der Waals surface area contributed by atoms with Gasteiger partial charge in [0.1, 0.15) is 0 Å². The fraction of sp³-hybridized carbons (Fsp3) is 0. The quantitative estimate of drug-likeness (QED) is 0.166. The van der Waals surface area contributed by atoms with Crippen LogP contribution in [0.5, 0.6) is 0 Å². The van der Waals surface area contributed by atoms with Crippen molar-refractivity contribution >= 4 is 64.6 Å². The van der Waals surface area contributed by atoms with E-state index in [9.17, 15) is 13.2 Å². The summed E-state index contributed by atoms with van der Waals surface area (Å²) < 4.78 is 43.2. The van der Waals surface area contributed by atoms with E-state index in [1.165, 1.54) is 6.07 Å². The Balaban J connectivity index is 1.87. The van der Waals surface area contributed by atoms with Gasteiger partial charge in [0.2, 0.25) is 0 Å². The first kappa shape index (κ1) is 18.5. The van der Waals surface area contributed by atoms with Crippen molar-refractivity contribution in [1.82, 2.24) is 0 Å². The molecule has 0 unspecified atom stereocenters. The first-order valence-corrected chi connectivity index (χ1v) is 10.8. The van der Waals surface area contributed by atoms with Gasteiger partial charge < -0.3 is 0 Å². The number of benzene rings is 7. The Morgan fingerprint density at radius 2 is 0.848 bits per heavy atom. The largest absolute Gasteiger partial charge is 0.204 e. The Labute approximate surface area is 186 Å². The van der Waals surface area contributed by atoms with Gasteiger partial charge in [-0.1, -0.05) is 84.9 Å². The molecule has 0 atom stereocenters. The van der Waals surface area contributed by atoms with Gasteiger partial charge >= 0.3 is 0 Å². The molecule has 0 spiro atoms. The van der Waals surface area contributed by atoms with Gasteiger partial charge in [-0.25, -0.2) is 13.2 Å². The molecule has 33 heavy (non-hydrogen) atoms. The second kappa shape index (κ2) is 6.46. The maximum atomic E-state index is 14.7. The van der Waals surface area contributed by atoms with Crippen molar-refractivity contribution in [2.75, 3.05) is 0 Å². The third-order valence-corrected chi connectivity index (χ3v) is 6.80. The molecule has 156 valence electrons. The van der Waals surface area contributed by atoms with Crippen LogP contribution in [-0.4, -0.2) is 0 Å². The first-order chi connectivity index (χ1) is 16.1. The molecule has 0 saturated carbocycles. The normalized spacial score (nSPS) is 12.1. The summed E-state index contributed by atoms with van der Waals surface area (Å²) in [5, 5.41) is 10.4. The number of hydrogen-bond donors (Lipinski definition) is 0. The third-order valence-electron chi connectivity index (χ3n) is 6.80. The van der Waals surface area contributed by atoms with Crippen LogP contribution in [-0.2, 0) is 0 Å². The van der Waals surface area contributed by atoms with Crippen LogP contribution >= 0.6 is 0 Å². The molecule has 7 rings (SSSR count). The SMILES string of the molecule is Fc1cc2c(ccc3ccc4ccc5ccc6ccc7ccccc7c6c5c4c32)c(F)c1F. The van der Waals surface area contributed by atoms with Crippen LogP contribution in [0.1, 0.15) is 0 Å². The minimum Gasteiger partial charge on any atom is -0.204 e. The molecule has 7 aromatic carbocycles. The monoisotopic (exact) mass is 432 g/mol. The highest BCUT2D eigenvalue weighted by Crippen LogP contribution is 2.42. The van der Waals surface area contributed by atoms with Gasteiger partial charge in [0.15, 0.2) is 17.5 Å². The maximum absolute atomic E-state index is 14.7. The zero-order chi connectivity index (χ0) is 22.3. The Hall–Kier alpha value is -4.11. The van der Waals surface area contributed by atoms with Crippen molar-refractivity contribution < 1.29 is 13.2 Å². The van der Waals surface area contributed by atoms with Gasteiger partial charge in [-0.3, -0.25) is 0 Å². The summed E-state index contributed by atoms with van der Waals surface area (Å²) in [4.78, 5) is 0. The van der Waals surface area contributed by atoms with Gasteiger partial charge in [0.25, 0.3) is 0 Å². The van der Waals surface area contributed by atoms with E-state index in [4.69, 9.17) is 0 Å². The first-order valence-electron chi connectivity index (χ1n) is 10.8. The molecule has 0 N–H and O–H groups in total. The molecule has 0 amide bonds. The molecule has 0 heterocycles. The topological polar surface area (TPSA) is 0 Å². The molecule has 0 nitrogen and oxygen atoms in total. The van der Waals surface area contributed by atoms with Crippen molar-refractivity contribution in [3.05, 3.63) is 108 Å². The van der Waals surface area contributed by atoms with E-state index in [2.05, 4.69) is 42.5 Å². The van der Waals surface area contributed by atoms with Gasteiger partial charge in [-0.2, -0.15) is 0 Å². The molecule has 0 saturated heterocycles. The molecular formula is C30H15F3. The molecule has 0 aliphatic rings. The number of halogens is 3. The van der Waals surface area contributed by atoms with E-state index >= 15 is 0 Å². The van der Waals surface area contributed by atoms with E-state index < -0.39 is 17.5 Å². The number of fused-ring (bicyclic) bond motifs is 11. The Morgan fingerprint density at radius 3 is 1.48 bits per heavy atom. The number of hydrogen-bond acceptors (Lipinski definition) is 0. The van der Waals surface area contributed by atoms with Crippen LogP contribution in [0.2, 0.25) is 0 Å². The maximum Gasteiger partial charge on any atom is 0.195 e. The Morgan fingerprint density at radius 1 is 0.364 bits per heavy atom. The van der Waals surface area contributed by atoms with Gasteiger partial charge in [0, 0.05) is 5.39 Å². The average Bonchev–Trinajstić information content (AvgIpc) is 2.86. The van der Waals surface area contributed by atoms with Crippen LogP contribution < -0.4 is 0 Å². The van der Waals surface area contributed by atoms with E-state index in [0.29, 0.717) is 5.39 Å². The minimum absolute atomic E-state index is 0.0796. The second-order valence-corrected chi connectivity index (χ2v) is 8.52. The van der Waals surface area contributed by atoms with Crippen LogP contribution in [0, 0.1) is 17.5 Å². The lowest BCUT2D eigenvalue weighted by Gasteiger charge is -2.15. The molecule has 0 radical (unpaired) electrons. The lowest BCUT2D eigenvalue weighted by atomic mass is 9.89. The van der Waals surface area contributed by atoms with Crippen LogP contribution in [0.25, 0.3) is 64.6 Å². The molecule has 0 fully saturated rings. The van der Waals surface area contributed by atoms with Crippen LogP contribution in [0.15, 0.2) is 91.0 Å². The average molecular weight is 432 g/mol. The molecule has 0 bridgehead atoms. The fourth-order valence-corrected chi connectivity index (χ4v) is 5.33. The summed E-state index contributed by atoms with van der Waals surface area (Å²) in [6, 6.07) is 29.1. The zero-order valence-corrected chi connectivity index (χ0v) is 17.3. The summed E-state index contributed by atoms with van der Waals surface area (Å²) in [7, 11) is 0. The Bertz CT molecular complexity index is 1940.